The molecule has 0 amide bonds. The van der Waals surface area contributed by atoms with Crippen molar-refractivity contribution >= 4 is 11.3 Å². The molecule has 4 aromatic rings. The molecule has 2 atom stereocenters. The second kappa shape index (κ2) is 11.6. The van der Waals surface area contributed by atoms with Gasteiger partial charge in [0.25, 0.3) is 0 Å². The third kappa shape index (κ3) is 5.18. The van der Waals surface area contributed by atoms with Crippen LogP contribution in [0, 0.1) is 34.5 Å². The number of fused-ring (bicyclic) bond motifs is 3. The summed E-state index contributed by atoms with van der Waals surface area (Å²) in [5, 5.41) is 14.3. The molecular weight excluding hydrogens is 566 g/mol. The number of nitriles is 1. The largest absolute Gasteiger partial charge is 0.491 e. The van der Waals surface area contributed by atoms with E-state index in [9.17, 15) is 5.26 Å². The average molecular weight is 606 g/mol. The summed E-state index contributed by atoms with van der Waals surface area (Å²) in [6, 6.07) is 12.8. The summed E-state index contributed by atoms with van der Waals surface area (Å²) >= 11 is 0. The lowest BCUT2D eigenvalue weighted by Gasteiger charge is -2.63. The van der Waals surface area contributed by atoms with Crippen molar-refractivity contribution in [2.45, 2.75) is 25.7 Å². The number of hydrogen-bond acceptors (Lipinski definition) is 9. The van der Waals surface area contributed by atoms with Crippen molar-refractivity contribution in [2.75, 3.05) is 64.6 Å². The van der Waals surface area contributed by atoms with Gasteiger partial charge in [-0.3, -0.25) is 4.90 Å². The molecule has 45 heavy (non-hydrogen) atoms. The topological polar surface area (TPSA) is 101 Å². The Hall–Kier alpha value is -4.20. The van der Waals surface area contributed by atoms with Crippen molar-refractivity contribution in [1.29, 1.82) is 5.26 Å². The number of morpholine rings is 1. The van der Waals surface area contributed by atoms with Gasteiger partial charge < -0.3 is 19.1 Å². The summed E-state index contributed by atoms with van der Waals surface area (Å²) in [6.45, 7) is 6.89. The highest BCUT2D eigenvalue weighted by Gasteiger charge is 2.64. The maximum Gasteiger partial charge on any atom is 0.212 e. The van der Waals surface area contributed by atoms with Gasteiger partial charge in [0.15, 0.2) is 0 Å². The van der Waals surface area contributed by atoms with Gasteiger partial charge in [0, 0.05) is 62.3 Å². The third-order valence-corrected chi connectivity index (χ3v) is 10.7. The van der Waals surface area contributed by atoms with E-state index < -0.39 is 0 Å². The van der Waals surface area contributed by atoms with Gasteiger partial charge in [-0.2, -0.15) is 10.4 Å². The summed E-state index contributed by atoms with van der Waals surface area (Å²) in [6.07, 6.45) is 12.5. The number of hydrogen-bond donors (Lipinski definition) is 0. The highest BCUT2D eigenvalue weighted by molar-refractivity contribution is 5.85. The van der Waals surface area contributed by atoms with Crippen LogP contribution in [0.1, 0.15) is 30.4 Å². The van der Waals surface area contributed by atoms with Crippen LogP contribution in [0.15, 0.2) is 55.1 Å². The minimum absolute atomic E-state index is 0.385. The van der Waals surface area contributed by atoms with Crippen molar-refractivity contribution in [3.63, 3.8) is 0 Å². The standard InChI is InChI=1S/C35H39N7O3/c1-43-33-7-2-24(18-38-33)16-35(27-4-5-27)28-14-29(35)22-41(21-28)32-6-3-25(19-37-32)31-15-30(23-42-34(31)26(17-36)20-39-42)45-13-10-40-8-11-44-12-9-40/h2-3,6-7,15,18-20,23,27-29H,4-5,8-14,16,21-22H2,1H3. The van der Waals surface area contributed by atoms with E-state index in [0.29, 0.717) is 35.3 Å². The molecule has 2 saturated carbocycles. The van der Waals surface area contributed by atoms with E-state index in [0.717, 1.165) is 86.5 Å². The zero-order valence-electron chi connectivity index (χ0n) is 25.8. The number of nitrogens with zero attached hydrogens (tertiary/aromatic N) is 7. The molecule has 5 aliphatic rings. The summed E-state index contributed by atoms with van der Waals surface area (Å²) in [4.78, 5) is 14.3. The Bertz CT molecular complexity index is 1690. The summed E-state index contributed by atoms with van der Waals surface area (Å²) < 4.78 is 18.7. The predicted octanol–water partition coefficient (Wildman–Crippen LogP) is 4.48. The van der Waals surface area contributed by atoms with Crippen molar-refractivity contribution in [2.24, 2.45) is 23.2 Å². The zero-order chi connectivity index (χ0) is 30.4. The quantitative estimate of drug-likeness (QED) is 0.259. The van der Waals surface area contributed by atoms with Crippen molar-refractivity contribution in [1.82, 2.24) is 24.5 Å². The molecule has 5 fully saturated rings. The molecule has 9 rings (SSSR count). The van der Waals surface area contributed by atoms with Crippen LogP contribution in [0.25, 0.3) is 16.6 Å². The molecule has 7 heterocycles. The fourth-order valence-electron chi connectivity index (χ4n) is 8.28. The van der Waals surface area contributed by atoms with E-state index in [1.807, 2.05) is 30.7 Å². The van der Waals surface area contributed by atoms with Crippen LogP contribution in [0.5, 0.6) is 11.6 Å². The molecule has 4 aromatic heterocycles. The van der Waals surface area contributed by atoms with Crippen LogP contribution in [0.4, 0.5) is 5.82 Å². The molecule has 0 N–H and O–H groups in total. The van der Waals surface area contributed by atoms with Crippen LogP contribution in [0.2, 0.25) is 0 Å². The Morgan fingerprint density at radius 1 is 1.02 bits per heavy atom. The van der Waals surface area contributed by atoms with Gasteiger partial charge in [-0.25, -0.2) is 14.5 Å². The molecule has 0 spiro atoms. The van der Waals surface area contributed by atoms with E-state index in [1.54, 1.807) is 17.8 Å². The molecule has 10 nitrogen and oxygen atoms in total. The monoisotopic (exact) mass is 605 g/mol. The first kappa shape index (κ1) is 28.3. The lowest BCUT2D eigenvalue weighted by molar-refractivity contribution is -0.0884. The highest BCUT2D eigenvalue weighted by atomic mass is 16.5. The van der Waals surface area contributed by atoms with E-state index >= 15 is 0 Å². The van der Waals surface area contributed by atoms with Gasteiger partial charge in [-0.15, -0.1) is 0 Å². The number of pyridine rings is 3. The minimum Gasteiger partial charge on any atom is -0.491 e. The first-order chi connectivity index (χ1) is 22.1. The fraction of sp³-hybridized carbons (Fsp3) is 0.486. The summed E-state index contributed by atoms with van der Waals surface area (Å²) in [7, 11) is 1.67. The third-order valence-electron chi connectivity index (χ3n) is 10.7. The first-order valence-electron chi connectivity index (χ1n) is 16.2. The number of piperidine rings is 2. The maximum atomic E-state index is 9.81. The average Bonchev–Trinajstić information content (AvgIpc) is 3.86. The summed E-state index contributed by atoms with van der Waals surface area (Å²) in [5.41, 5.74) is 4.86. The number of methoxy groups -OCH3 is 1. The van der Waals surface area contributed by atoms with Gasteiger partial charge >= 0.3 is 0 Å². The highest BCUT2D eigenvalue weighted by Crippen LogP contribution is 2.67. The van der Waals surface area contributed by atoms with Crippen LogP contribution >= 0.6 is 0 Å². The second-order valence-electron chi connectivity index (χ2n) is 13.1. The molecule has 0 aromatic carbocycles. The Balaban J connectivity index is 0.996. The Kier molecular flexibility index (Phi) is 7.31. The molecule has 2 bridgehead atoms. The van der Waals surface area contributed by atoms with E-state index in [1.165, 1.54) is 24.8 Å². The zero-order valence-corrected chi connectivity index (χ0v) is 25.8. The smallest absolute Gasteiger partial charge is 0.212 e. The van der Waals surface area contributed by atoms with Gasteiger partial charge in [-0.05, 0) is 72.6 Å². The lowest BCUT2D eigenvalue weighted by Crippen LogP contribution is -2.64. The van der Waals surface area contributed by atoms with Gasteiger partial charge in [-0.1, -0.05) is 6.07 Å². The second-order valence-corrected chi connectivity index (χ2v) is 13.1. The molecule has 2 aliphatic carbocycles. The van der Waals surface area contributed by atoms with Gasteiger partial charge in [0.2, 0.25) is 5.88 Å². The van der Waals surface area contributed by atoms with Crippen LogP contribution in [-0.2, 0) is 11.2 Å². The molecular formula is C35H39N7O3. The number of ether oxygens (including phenoxy) is 3. The molecule has 0 radical (unpaired) electrons. The van der Waals surface area contributed by atoms with Crippen molar-refractivity contribution in [3.05, 3.63) is 66.2 Å². The molecule has 2 unspecified atom stereocenters. The van der Waals surface area contributed by atoms with E-state index in [4.69, 9.17) is 19.2 Å². The molecule has 10 heteroatoms. The minimum atomic E-state index is 0.385. The van der Waals surface area contributed by atoms with Crippen LogP contribution < -0.4 is 14.4 Å². The Labute approximate surface area is 263 Å². The molecule has 232 valence electrons. The van der Waals surface area contributed by atoms with Crippen LogP contribution in [0.3, 0.4) is 0 Å². The van der Waals surface area contributed by atoms with Crippen molar-refractivity contribution in [3.8, 4) is 28.8 Å². The number of rotatable bonds is 10. The van der Waals surface area contributed by atoms with E-state index in [-0.39, 0.29) is 0 Å². The summed E-state index contributed by atoms with van der Waals surface area (Å²) in [5.74, 6) is 4.59. The molecule has 3 aliphatic heterocycles. The van der Waals surface area contributed by atoms with Gasteiger partial charge in [0.05, 0.1) is 43.8 Å². The Morgan fingerprint density at radius 2 is 1.87 bits per heavy atom. The van der Waals surface area contributed by atoms with Gasteiger partial charge in [0.1, 0.15) is 24.2 Å². The normalized spacial score (nSPS) is 24.7. The molecule has 3 saturated heterocycles. The van der Waals surface area contributed by atoms with E-state index in [2.05, 4.69) is 44.2 Å². The SMILES string of the molecule is COc1ccc(CC2(C3CC3)C3CC2CN(c2ccc(-c4cc(OCCN5CCOCC5)cn5ncc(C#N)c45)cn2)C3)cn1. The van der Waals surface area contributed by atoms with Crippen LogP contribution in [-0.4, -0.2) is 84.1 Å². The number of aromatic nitrogens is 4. The first-order valence-corrected chi connectivity index (χ1v) is 16.2. The lowest BCUT2D eigenvalue weighted by atomic mass is 9.46. The van der Waals surface area contributed by atoms with Crippen molar-refractivity contribution < 1.29 is 14.2 Å². The number of anilines is 1. The Morgan fingerprint density at radius 3 is 2.56 bits per heavy atom. The predicted molar refractivity (Wildman–Crippen MR) is 169 cm³/mol. The fourth-order valence-corrected chi connectivity index (χ4v) is 8.28. The maximum absolute atomic E-state index is 9.81.